The quantitative estimate of drug-likeness (QED) is 0.829. The number of ether oxygens (including phenoxy) is 1. The third-order valence-electron chi connectivity index (χ3n) is 4.90. The summed E-state index contributed by atoms with van der Waals surface area (Å²) < 4.78 is 5.48. The maximum absolute atomic E-state index is 5.48. The second-order valence-corrected chi connectivity index (χ2v) is 7.91. The fourth-order valence-electron chi connectivity index (χ4n) is 3.93. The largest absolute Gasteiger partial charge is 0.381 e. The van der Waals surface area contributed by atoms with Crippen LogP contribution in [-0.2, 0) is 4.74 Å². The first-order chi connectivity index (χ1) is 8.39. The van der Waals surface area contributed by atoms with Gasteiger partial charge in [-0.15, -0.1) is 0 Å². The van der Waals surface area contributed by atoms with Crippen molar-refractivity contribution in [1.82, 2.24) is 5.32 Å². The topological polar surface area (TPSA) is 21.3 Å². The zero-order valence-electron chi connectivity index (χ0n) is 12.7. The second kappa shape index (κ2) is 5.50. The van der Waals surface area contributed by atoms with Crippen molar-refractivity contribution in [3.8, 4) is 0 Å². The minimum Gasteiger partial charge on any atom is -0.381 e. The van der Waals surface area contributed by atoms with Crippen LogP contribution in [0.4, 0.5) is 0 Å². The highest BCUT2D eigenvalue weighted by atomic mass is 16.5. The predicted octanol–water partition coefficient (Wildman–Crippen LogP) is 3.61. The van der Waals surface area contributed by atoms with Crippen LogP contribution in [-0.4, -0.2) is 25.8 Å². The summed E-state index contributed by atoms with van der Waals surface area (Å²) in [4.78, 5) is 0. The Bertz CT molecular complexity index is 268. The van der Waals surface area contributed by atoms with Crippen molar-refractivity contribution in [2.75, 3.05) is 19.8 Å². The minimum atomic E-state index is 0.461. The SMILES string of the molecule is CC1CC(NCC2(C)CCOCC2)CC(C)(C)C1. The van der Waals surface area contributed by atoms with Gasteiger partial charge in [-0.3, -0.25) is 0 Å². The Morgan fingerprint density at radius 2 is 1.78 bits per heavy atom. The Labute approximate surface area is 113 Å². The van der Waals surface area contributed by atoms with Crippen LogP contribution in [0.2, 0.25) is 0 Å². The minimum absolute atomic E-state index is 0.461. The van der Waals surface area contributed by atoms with Gasteiger partial charge in [0.25, 0.3) is 0 Å². The molecular weight excluding hydrogens is 222 g/mol. The van der Waals surface area contributed by atoms with Crippen molar-refractivity contribution >= 4 is 0 Å². The van der Waals surface area contributed by atoms with Crippen LogP contribution in [0.3, 0.4) is 0 Å². The molecule has 0 bridgehead atoms. The van der Waals surface area contributed by atoms with Gasteiger partial charge in [-0.25, -0.2) is 0 Å². The summed E-state index contributed by atoms with van der Waals surface area (Å²) in [5.74, 6) is 0.869. The lowest BCUT2D eigenvalue weighted by molar-refractivity contribution is 0.0201. The average molecular weight is 253 g/mol. The smallest absolute Gasteiger partial charge is 0.0471 e. The maximum atomic E-state index is 5.48. The van der Waals surface area contributed by atoms with E-state index in [4.69, 9.17) is 4.74 Å². The van der Waals surface area contributed by atoms with Crippen molar-refractivity contribution < 1.29 is 4.74 Å². The first-order valence-corrected chi connectivity index (χ1v) is 7.70. The molecule has 2 rings (SSSR count). The van der Waals surface area contributed by atoms with Gasteiger partial charge < -0.3 is 10.1 Å². The first kappa shape index (κ1) is 14.3. The zero-order valence-corrected chi connectivity index (χ0v) is 12.7. The van der Waals surface area contributed by atoms with E-state index >= 15 is 0 Å². The summed E-state index contributed by atoms with van der Waals surface area (Å²) in [6, 6.07) is 0.725. The lowest BCUT2D eigenvalue weighted by Crippen LogP contribution is -2.45. The highest BCUT2D eigenvalue weighted by molar-refractivity contribution is 4.88. The first-order valence-electron chi connectivity index (χ1n) is 7.70. The van der Waals surface area contributed by atoms with E-state index in [9.17, 15) is 0 Å². The van der Waals surface area contributed by atoms with E-state index in [2.05, 4.69) is 33.0 Å². The molecule has 1 N–H and O–H groups in total. The molecule has 1 aliphatic carbocycles. The van der Waals surface area contributed by atoms with Gasteiger partial charge in [0.2, 0.25) is 0 Å². The summed E-state index contributed by atoms with van der Waals surface area (Å²) >= 11 is 0. The predicted molar refractivity (Wildman–Crippen MR) is 76.7 cm³/mol. The molecular formula is C16H31NO. The number of rotatable bonds is 3. The Morgan fingerprint density at radius 3 is 2.39 bits per heavy atom. The van der Waals surface area contributed by atoms with Gasteiger partial charge >= 0.3 is 0 Å². The van der Waals surface area contributed by atoms with Gasteiger partial charge in [0.15, 0.2) is 0 Å². The van der Waals surface area contributed by atoms with Crippen molar-refractivity contribution in [3.63, 3.8) is 0 Å². The van der Waals surface area contributed by atoms with E-state index in [1.54, 1.807) is 0 Å². The molecule has 2 fully saturated rings. The lowest BCUT2D eigenvalue weighted by atomic mass is 9.70. The summed E-state index contributed by atoms with van der Waals surface area (Å²) in [6.07, 6.45) is 6.51. The molecule has 1 heterocycles. The molecule has 1 aliphatic heterocycles. The van der Waals surface area contributed by atoms with Crippen molar-refractivity contribution in [3.05, 3.63) is 0 Å². The molecule has 2 unspecified atom stereocenters. The molecule has 0 amide bonds. The fourth-order valence-corrected chi connectivity index (χ4v) is 3.93. The molecule has 0 radical (unpaired) electrons. The van der Waals surface area contributed by atoms with Gasteiger partial charge in [-0.05, 0) is 48.9 Å². The maximum Gasteiger partial charge on any atom is 0.0471 e. The lowest BCUT2D eigenvalue weighted by Gasteiger charge is -2.41. The van der Waals surface area contributed by atoms with E-state index in [0.29, 0.717) is 10.8 Å². The summed E-state index contributed by atoms with van der Waals surface area (Å²) in [5, 5.41) is 3.86. The number of nitrogens with one attached hydrogen (secondary N) is 1. The molecule has 2 atom stereocenters. The molecule has 0 aromatic heterocycles. The van der Waals surface area contributed by atoms with Crippen LogP contribution in [0.25, 0.3) is 0 Å². The summed E-state index contributed by atoms with van der Waals surface area (Å²) in [7, 11) is 0. The molecule has 0 spiro atoms. The molecule has 2 nitrogen and oxygen atoms in total. The number of hydrogen-bond acceptors (Lipinski definition) is 2. The van der Waals surface area contributed by atoms with E-state index in [-0.39, 0.29) is 0 Å². The van der Waals surface area contributed by atoms with Crippen LogP contribution in [0, 0.1) is 16.7 Å². The molecule has 1 saturated carbocycles. The molecule has 1 saturated heterocycles. The average Bonchev–Trinajstić information content (AvgIpc) is 2.25. The van der Waals surface area contributed by atoms with Crippen molar-refractivity contribution in [2.45, 2.75) is 65.8 Å². The van der Waals surface area contributed by atoms with E-state index in [0.717, 1.165) is 25.2 Å². The van der Waals surface area contributed by atoms with Crippen molar-refractivity contribution in [1.29, 1.82) is 0 Å². The van der Waals surface area contributed by atoms with Crippen LogP contribution >= 0.6 is 0 Å². The summed E-state index contributed by atoms with van der Waals surface area (Å²) in [6.45, 7) is 12.7. The third-order valence-corrected chi connectivity index (χ3v) is 4.90. The normalized spacial score (nSPS) is 35.3. The molecule has 106 valence electrons. The van der Waals surface area contributed by atoms with Gasteiger partial charge in [-0.2, -0.15) is 0 Å². The van der Waals surface area contributed by atoms with E-state index < -0.39 is 0 Å². The Hall–Kier alpha value is -0.0800. The molecule has 0 aromatic rings. The van der Waals surface area contributed by atoms with Crippen molar-refractivity contribution in [2.24, 2.45) is 16.7 Å². The van der Waals surface area contributed by atoms with Gasteiger partial charge in [-0.1, -0.05) is 27.7 Å². The number of hydrogen-bond donors (Lipinski definition) is 1. The van der Waals surface area contributed by atoms with Gasteiger partial charge in [0.1, 0.15) is 0 Å². The second-order valence-electron chi connectivity index (χ2n) is 7.91. The highest BCUT2D eigenvalue weighted by Gasteiger charge is 2.33. The Morgan fingerprint density at radius 1 is 1.11 bits per heavy atom. The third kappa shape index (κ3) is 3.96. The van der Waals surface area contributed by atoms with Gasteiger partial charge in [0.05, 0.1) is 0 Å². The Balaban J connectivity index is 1.82. The van der Waals surface area contributed by atoms with Crippen LogP contribution < -0.4 is 5.32 Å². The summed E-state index contributed by atoms with van der Waals surface area (Å²) in [5.41, 5.74) is 0.981. The zero-order chi connectivity index (χ0) is 13.2. The monoisotopic (exact) mass is 253 g/mol. The molecule has 0 aromatic carbocycles. The highest BCUT2D eigenvalue weighted by Crippen LogP contribution is 2.39. The van der Waals surface area contributed by atoms with Crippen LogP contribution in [0.15, 0.2) is 0 Å². The molecule has 2 aliphatic rings. The van der Waals surface area contributed by atoms with Crippen LogP contribution in [0.1, 0.15) is 59.8 Å². The van der Waals surface area contributed by atoms with Crippen LogP contribution in [0.5, 0.6) is 0 Å². The van der Waals surface area contributed by atoms with E-state index in [1.165, 1.54) is 38.6 Å². The standard InChI is InChI=1S/C16H31NO/c1-13-9-14(11-15(2,3)10-13)17-12-16(4)5-7-18-8-6-16/h13-14,17H,5-12H2,1-4H3. The molecule has 18 heavy (non-hydrogen) atoms. The Kier molecular flexibility index (Phi) is 4.38. The van der Waals surface area contributed by atoms with Gasteiger partial charge in [0, 0.05) is 25.8 Å². The molecule has 2 heteroatoms. The fraction of sp³-hybridized carbons (Fsp3) is 1.00. The van der Waals surface area contributed by atoms with E-state index in [1.807, 2.05) is 0 Å².